The van der Waals surface area contributed by atoms with Crippen molar-refractivity contribution in [2.24, 2.45) is 0 Å². The van der Waals surface area contributed by atoms with Gasteiger partial charge in [0.25, 0.3) is 5.91 Å². The molecular weight excluding hydrogens is 463 g/mol. The molecule has 0 unspecified atom stereocenters. The van der Waals surface area contributed by atoms with Crippen LogP contribution in [0.5, 0.6) is 11.5 Å². The molecule has 0 atom stereocenters. The number of nitrogens with one attached hydrogen (secondary N) is 1. The van der Waals surface area contributed by atoms with Gasteiger partial charge < -0.3 is 19.9 Å². The summed E-state index contributed by atoms with van der Waals surface area (Å²) in [5.74, 6) is -0.491. The fraction of sp³-hybridized carbons (Fsp3) is 0.105. The maximum absolute atomic E-state index is 12.3. The number of amides is 1. The van der Waals surface area contributed by atoms with E-state index in [2.05, 4.69) is 10.1 Å². The van der Waals surface area contributed by atoms with Crippen molar-refractivity contribution in [1.29, 1.82) is 5.26 Å². The molecule has 2 rings (SSSR count). The number of aromatic hydroxyl groups is 1. The molecule has 0 saturated carbocycles. The third kappa shape index (κ3) is 6.00. The van der Waals surface area contributed by atoms with Gasteiger partial charge in [-0.05, 0) is 70.6 Å². The van der Waals surface area contributed by atoms with E-state index in [9.17, 15) is 20.0 Å². The minimum absolute atomic E-state index is 0.0770. The van der Waals surface area contributed by atoms with Crippen LogP contribution in [0.1, 0.15) is 5.56 Å². The molecule has 2 aromatic carbocycles. The molecule has 0 aliphatic heterocycles. The lowest BCUT2D eigenvalue weighted by Crippen LogP contribution is -2.13. The predicted octanol–water partition coefficient (Wildman–Crippen LogP) is 3.09. The number of esters is 1. The van der Waals surface area contributed by atoms with Crippen molar-refractivity contribution in [2.75, 3.05) is 19.0 Å². The molecule has 0 aliphatic carbocycles. The molecule has 0 radical (unpaired) electrons. The number of hydrogen-bond donors (Lipinski definition) is 2. The number of halogens is 1. The zero-order valence-electron chi connectivity index (χ0n) is 14.2. The van der Waals surface area contributed by atoms with Gasteiger partial charge in [0.05, 0.1) is 10.7 Å². The van der Waals surface area contributed by atoms with Crippen LogP contribution in [0, 0.1) is 14.9 Å². The SMILES string of the molecule is COC(=O)COc1ccc(/C=C(\C#N)C(=O)Nc2ccc(O)cc2)cc1I. The molecule has 0 fully saturated rings. The Morgan fingerprint density at radius 2 is 1.96 bits per heavy atom. The summed E-state index contributed by atoms with van der Waals surface area (Å²) in [5.41, 5.74) is 1.00. The van der Waals surface area contributed by atoms with Crippen molar-refractivity contribution in [2.45, 2.75) is 0 Å². The maximum atomic E-state index is 12.3. The number of phenolic OH excluding ortho intramolecular Hbond substituents is 1. The number of rotatable bonds is 6. The van der Waals surface area contributed by atoms with E-state index < -0.39 is 11.9 Å². The first-order valence-electron chi connectivity index (χ1n) is 7.64. The van der Waals surface area contributed by atoms with Crippen LogP contribution in [0.2, 0.25) is 0 Å². The summed E-state index contributed by atoms with van der Waals surface area (Å²) in [6, 6.07) is 12.8. The lowest BCUT2D eigenvalue weighted by molar-refractivity contribution is -0.142. The van der Waals surface area contributed by atoms with E-state index in [0.717, 1.165) is 0 Å². The summed E-state index contributed by atoms with van der Waals surface area (Å²) in [6.07, 6.45) is 1.45. The van der Waals surface area contributed by atoms with Crippen molar-refractivity contribution in [3.8, 4) is 17.6 Å². The second-order valence-corrected chi connectivity index (χ2v) is 6.39. The number of nitrogens with zero attached hydrogens (tertiary/aromatic N) is 1. The predicted molar refractivity (Wildman–Crippen MR) is 107 cm³/mol. The van der Waals surface area contributed by atoms with Crippen LogP contribution >= 0.6 is 22.6 Å². The summed E-state index contributed by atoms with van der Waals surface area (Å²) in [7, 11) is 1.27. The second-order valence-electron chi connectivity index (χ2n) is 5.23. The van der Waals surface area contributed by atoms with E-state index in [4.69, 9.17) is 4.74 Å². The average Bonchev–Trinajstić information content (AvgIpc) is 2.66. The molecule has 0 heterocycles. The third-order valence-corrected chi connectivity index (χ3v) is 4.17. The van der Waals surface area contributed by atoms with Gasteiger partial charge in [0.2, 0.25) is 0 Å². The summed E-state index contributed by atoms with van der Waals surface area (Å²) in [6.45, 7) is -0.208. The van der Waals surface area contributed by atoms with Crippen LogP contribution in [0.25, 0.3) is 6.08 Å². The highest BCUT2D eigenvalue weighted by molar-refractivity contribution is 14.1. The number of hydrogen-bond acceptors (Lipinski definition) is 6. The van der Waals surface area contributed by atoms with Gasteiger partial charge in [-0.3, -0.25) is 4.79 Å². The van der Waals surface area contributed by atoms with Gasteiger partial charge in [-0.1, -0.05) is 6.07 Å². The van der Waals surface area contributed by atoms with Gasteiger partial charge in [0, 0.05) is 5.69 Å². The number of ether oxygens (including phenoxy) is 2. The number of benzene rings is 2. The summed E-state index contributed by atoms with van der Waals surface area (Å²) in [4.78, 5) is 23.4. The minimum Gasteiger partial charge on any atom is -0.508 e. The quantitative estimate of drug-likeness (QED) is 0.217. The van der Waals surface area contributed by atoms with E-state index in [-0.39, 0.29) is 17.9 Å². The van der Waals surface area contributed by atoms with Crippen molar-refractivity contribution in [1.82, 2.24) is 0 Å². The average molecular weight is 478 g/mol. The highest BCUT2D eigenvalue weighted by atomic mass is 127. The Bertz CT molecular complexity index is 917. The summed E-state index contributed by atoms with van der Waals surface area (Å²) < 4.78 is 10.6. The fourth-order valence-electron chi connectivity index (χ4n) is 1.98. The Balaban J connectivity index is 2.13. The van der Waals surface area contributed by atoms with E-state index in [0.29, 0.717) is 20.6 Å². The van der Waals surface area contributed by atoms with Crippen LogP contribution in [-0.4, -0.2) is 30.7 Å². The number of carbonyl (C=O) groups is 2. The first kappa shape index (κ1) is 20.3. The third-order valence-electron chi connectivity index (χ3n) is 3.33. The zero-order valence-corrected chi connectivity index (χ0v) is 16.4. The minimum atomic E-state index is -0.566. The Kier molecular flexibility index (Phi) is 7.19. The second kappa shape index (κ2) is 9.59. The van der Waals surface area contributed by atoms with Crippen molar-refractivity contribution in [3.63, 3.8) is 0 Å². The smallest absolute Gasteiger partial charge is 0.343 e. The molecule has 0 bridgehead atoms. The fourth-order valence-corrected chi connectivity index (χ4v) is 2.67. The monoisotopic (exact) mass is 478 g/mol. The van der Waals surface area contributed by atoms with Gasteiger partial charge in [0.1, 0.15) is 23.1 Å². The Labute approximate surface area is 169 Å². The van der Waals surface area contributed by atoms with Crippen molar-refractivity contribution >= 4 is 46.2 Å². The van der Waals surface area contributed by atoms with E-state index >= 15 is 0 Å². The lowest BCUT2D eigenvalue weighted by atomic mass is 10.1. The highest BCUT2D eigenvalue weighted by Gasteiger charge is 2.11. The van der Waals surface area contributed by atoms with Gasteiger partial charge >= 0.3 is 5.97 Å². The number of methoxy groups -OCH3 is 1. The van der Waals surface area contributed by atoms with Crippen LogP contribution in [0.3, 0.4) is 0 Å². The topological polar surface area (TPSA) is 109 Å². The zero-order chi connectivity index (χ0) is 19.8. The number of nitriles is 1. The van der Waals surface area contributed by atoms with Crippen molar-refractivity contribution in [3.05, 3.63) is 57.2 Å². The molecule has 1 amide bonds. The molecule has 8 heteroatoms. The lowest BCUT2D eigenvalue weighted by Gasteiger charge is -2.08. The van der Waals surface area contributed by atoms with Gasteiger partial charge in [-0.2, -0.15) is 5.26 Å². The van der Waals surface area contributed by atoms with Crippen LogP contribution in [-0.2, 0) is 14.3 Å². The largest absolute Gasteiger partial charge is 0.508 e. The Morgan fingerprint density at radius 1 is 1.26 bits per heavy atom. The van der Waals surface area contributed by atoms with Crippen LogP contribution < -0.4 is 10.1 Å². The van der Waals surface area contributed by atoms with Gasteiger partial charge in [-0.15, -0.1) is 0 Å². The molecule has 2 aromatic rings. The molecule has 0 saturated heterocycles. The summed E-state index contributed by atoms with van der Waals surface area (Å²) >= 11 is 2.03. The maximum Gasteiger partial charge on any atom is 0.343 e. The first-order valence-corrected chi connectivity index (χ1v) is 8.72. The van der Waals surface area contributed by atoms with Crippen molar-refractivity contribution < 1.29 is 24.2 Å². The Hall–Kier alpha value is -3.06. The number of anilines is 1. The molecule has 2 N–H and O–H groups in total. The van der Waals surface area contributed by atoms with Gasteiger partial charge in [0.15, 0.2) is 6.61 Å². The number of carbonyl (C=O) groups excluding carboxylic acids is 2. The molecule has 0 spiro atoms. The highest BCUT2D eigenvalue weighted by Crippen LogP contribution is 2.23. The molecule has 0 aliphatic rings. The van der Waals surface area contributed by atoms with Gasteiger partial charge in [-0.25, -0.2) is 4.79 Å². The first-order chi connectivity index (χ1) is 12.9. The van der Waals surface area contributed by atoms with E-state index in [1.54, 1.807) is 18.2 Å². The van der Waals surface area contributed by atoms with Crippen LogP contribution in [0.15, 0.2) is 48.0 Å². The molecular formula is C19H15IN2O5. The normalized spacial score (nSPS) is 10.6. The number of phenols is 1. The van der Waals surface area contributed by atoms with E-state index in [1.807, 2.05) is 28.7 Å². The van der Waals surface area contributed by atoms with E-state index in [1.165, 1.54) is 37.5 Å². The summed E-state index contributed by atoms with van der Waals surface area (Å²) in [5, 5.41) is 21.1. The standard InChI is InChI=1S/C19H15IN2O5/c1-26-18(24)11-27-17-7-2-12(9-16(17)20)8-13(10-21)19(25)22-14-3-5-15(23)6-4-14/h2-9,23H,11H2,1H3,(H,22,25)/b13-8+. The Morgan fingerprint density at radius 3 is 2.56 bits per heavy atom. The molecule has 7 nitrogen and oxygen atoms in total. The molecule has 0 aromatic heterocycles. The molecule has 138 valence electrons. The molecule has 27 heavy (non-hydrogen) atoms. The van der Waals surface area contributed by atoms with Crippen LogP contribution in [0.4, 0.5) is 5.69 Å².